The van der Waals surface area contributed by atoms with Crippen molar-refractivity contribution in [1.29, 1.82) is 0 Å². The van der Waals surface area contributed by atoms with Gasteiger partial charge in [0.2, 0.25) is 0 Å². The highest BCUT2D eigenvalue weighted by Gasteiger charge is 2.30. The van der Waals surface area contributed by atoms with Crippen LogP contribution in [0.25, 0.3) is 0 Å². The van der Waals surface area contributed by atoms with Crippen LogP contribution in [0.3, 0.4) is 0 Å². The SMILES string of the molecule is CCNCc1ccc(N2CCN3CCCC3C2)cc1. The number of nitrogens with zero attached hydrogens (tertiary/aromatic N) is 2. The van der Waals surface area contributed by atoms with Crippen molar-refractivity contribution in [2.24, 2.45) is 0 Å². The van der Waals surface area contributed by atoms with Gasteiger partial charge in [0, 0.05) is 37.9 Å². The first-order valence-corrected chi connectivity index (χ1v) is 7.65. The molecule has 0 radical (unpaired) electrons. The van der Waals surface area contributed by atoms with Gasteiger partial charge < -0.3 is 10.2 Å². The van der Waals surface area contributed by atoms with Crippen LogP contribution in [0.4, 0.5) is 5.69 Å². The van der Waals surface area contributed by atoms with E-state index < -0.39 is 0 Å². The molecule has 0 saturated carbocycles. The molecule has 3 heteroatoms. The van der Waals surface area contributed by atoms with Gasteiger partial charge in [0.25, 0.3) is 0 Å². The third kappa shape index (κ3) is 2.93. The van der Waals surface area contributed by atoms with E-state index in [9.17, 15) is 0 Å². The van der Waals surface area contributed by atoms with Gasteiger partial charge >= 0.3 is 0 Å². The zero-order valence-corrected chi connectivity index (χ0v) is 11.9. The summed E-state index contributed by atoms with van der Waals surface area (Å²) in [5, 5.41) is 3.37. The minimum Gasteiger partial charge on any atom is -0.369 e. The molecule has 3 rings (SSSR count). The lowest BCUT2D eigenvalue weighted by molar-refractivity contribution is 0.231. The zero-order valence-electron chi connectivity index (χ0n) is 11.9. The number of benzene rings is 1. The van der Waals surface area contributed by atoms with Crippen molar-refractivity contribution in [3.8, 4) is 0 Å². The minimum absolute atomic E-state index is 0.801. The minimum atomic E-state index is 0.801. The van der Waals surface area contributed by atoms with Crippen molar-refractivity contribution < 1.29 is 0 Å². The van der Waals surface area contributed by atoms with E-state index in [-0.39, 0.29) is 0 Å². The molecule has 104 valence electrons. The summed E-state index contributed by atoms with van der Waals surface area (Å²) in [7, 11) is 0. The fourth-order valence-electron chi connectivity index (χ4n) is 3.32. The van der Waals surface area contributed by atoms with Crippen LogP contribution in [-0.4, -0.2) is 43.7 Å². The Labute approximate surface area is 116 Å². The predicted molar refractivity (Wildman–Crippen MR) is 80.6 cm³/mol. The largest absolute Gasteiger partial charge is 0.369 e. The molecule has 0 amide bonds. The second kappa shape index (κ2) is 5.93. The van der Waals surface area contributed by atoms with Crippen LogP contribution < -0.4 is 10.2 Å². The normalized spacial score (nSPS) is 23.6. The number of hydrogen-bond donors (Lipinski definition) is 1. The molecule has 2 aliphatic rings. The number of nitrogens with one attached hydrogen (secondary N) is 1. The number of rotatable bonds is 4. The first-order chi connectivity index (χ1) is 9.36. The van der Waals surface area contributed by atoms with Gasteiger partial charge in [-0.2, -0.15) is 0 Å². The topological polar surface area (TPSA) is 18.5 Å². The van der Waals surface area contributed by atoms with Gasteiger partial charge in [-0.05, 0) is 43.6 Å². The Bertz CT molecular complexity index is 401. The second-order valence-electron chi connectivity index (χ2n) is 5.72. The lowest BCUT2D eigenvalue weighted by Gasteiger charge is -2.38. The number of piperazine rings is 1. The molecule has 1 atom stereocenters. The summed E-state index contributed by atoms with van der Waals surface area (Å²) >= 11 is 0. The van der Waals surface area contributed by atoms with E-state index in [1.54, 1.807) is 0 Å². The first-order valence-electron chi connectivity index (χ1n) is 7.65. The highest BCUT2D eigenvalue weighted by molar-refractivity contribution is 5.48. The quantitative estimate of drug-likeness (QED) is 0.893. The second-order valence-corrected chi connectivity index (χ2v) is 5.72. The van der Waals surface area contributed by atoms with E-state index in [1.807, 2.05) is 0 Å². The van der Waals surface area contributed by atoms with E-state index >= 15 is 0 Å². The predicted octanol–water partition coefficient (Wildman–Crippen LogP) is 2.08. The Morgan fingerprint density at radius 2 is 2.00 bits per heavy atom. The van der Waals surface area contributed by atoms with Crippen molar-refractivity contribution in [2.75, 3.05) is 37.6 Å². The molecular formula is C16H25N3. The van der Waals surface area contributed by atoms with Crippen molar-refractivity contribution in [2.45, 2.75) is 32.4 Å². The van der Waals surface area contributed by atoms with Crippen LogP contribution in [0.1, 0.15) is 25.3 Å². The maximum absolute atomic E-state index is 3.37. The summed E-state index contributed by atoms with van der Waals surface area (Å²) < 4.78 is 0. The Morgan fingerprint density at radius 3 is 2.79 bits per heavy atom. The van der Waals surface area contributed by atoms with Crippen molar-refractivity contribution >= 4 is 5.69 Å². The maximum Gasteiger partial charge on any atom is 0.0367 e. The lowest BCUT2D eigenvalue weighted by Crippen LogP contribution is -2.50. The van der Waals surface area contributed by atoms with Crippen LogP contribution >= 0.6 is 0 Å². The first kappa shape index (κ1) is 12.9. The summed E-state index contributed by atoms with van der Waals surface area (Å²) in [4.78, 5) is 5.22. The smallest absolute Gasteiger partial charge is 0.0367 e. The highest BCUT2D eigenvalue weighted by atomic mass is 15.3. The Balaban J connectivity index is 1.62. The van der Waals surface area contributed by atoms with Crippen molar-refractivity contribution in [3.63, 3.8) is 0 Å². The molecular weight excluding hydrogens is 234 g/mol. The molecule has 2 aliphatic heterocycles. The van der Waals surface area contributed by atoms with Gasteiger partial charge in [-0.15, -0.1) is 0 Å². The molecule has 2 saturated heterocycles. The van der Waals surface area contributed by atoms with E-state index in [4.69, 9.17) is 0 Å². The molecule has 0 aliphatic carbocycles. The van der Waals surface area contributed by atoms with Gasteiger partial charge in [-0.1, -0.05) is 19.1 Å². The average Bonchev–Trinajstić information content (AvgIpc) is 2.93. The molecule has 1 unspecified atom stereocenters. The van der Waals surface area contributed by atoms with Gasteiger partial charge in [-0.3, -0.25) is 4.90 Å². The van der Waals surface area contributed by atoms with Crippen LogP contribution in [0, 0.1) is 0 Å². The van der Waals surface area contributed by atoms with Crippen LogP contribution in [-0.2, 0) is 6.54 Å². The van der Waals surface area contributed by atoms with Crippen molar-refractivity contribution in [3.05, 3.63) is 29.8 Å². The van der Waals surface area contributed by atoms with E-state index in [1.165, 1.54) is 50.3 Å². The summed E-state index contributed by atoms with van der Waals surface area (Å²) in [6, 6.07) is 9.90. The van der Waals surface area contributed by atoms with Gasteiger partial charge in [0.1, 0.15) is 0 Å². The highest BCUT2D eigenvalue weighted by Crippen LogP contribution is 2.25. The Hall–Kier alpha value is -1.06. The summed E-state index contributed by atoms with van der Waals surface area (Å²) in [5.41, 5.74) is 2.77. The molecule has 1 aromatic rings. The third-order valence-corrected chi connectivity index (χ3v) is 4.47. The fourth-order valence-corrected chi connectivity index (χ4v) is 3.32. The van der Waals surface area contributed by atoms with E-state index in [2.05, 4.69) is 46.3 Å². The van der Waals surface area contributed by atoms with Crippen molar-refractivity contribution in [1.82, 2.24) is 10.2 Å². The van der Waals surface area contributed by atoms with E-state index in [0.29, 0.717) is 0 Å². The fraction of sp³-hybridized carbons (Fsp3) is 0.625. The molecule has 2 heterocycles. The lowest BCUT2D eigenvalue weighted by atomic mass is 10.1. The van der Waals surface area contributed by atoms with Gasteiger partial charge in [-0.25, -0.2) is 0 Å². The maximum atomic E-state index is 3.37. The number of anilines is 1. The third-order valence-electron chi connectivity index (χ3n) is 4.47. The van der Waals surface area contributed by atoms with Crippen LogP contribution in [0.2, 0.25) is 0 Å². The van der Waals surface area contributed by atoms with Gasteiger partial charge in [0.15, 0.2) is 0 Å². The van der Waals surface area contributed by atoms with Crippen LogP contribution in [0.15, 0.2) is 24.3 Å². The molecule has 0 spiro atoms. The summed E-state index contributed by atoms with van der Waals surface area (Å²) in [6.07, 6.45) is 2.77. The monoisotopic (exact) mass is 259 g/mol. The Kier molecular flexibility index (Phi) is 4.04. The molecule has 19 heavy (non-hydrogen) atoms. The van der Waals surface area contributed by atoms with Gasteiger partial charge in [0.05, 0.1) is 0 Å². The molecule has 2 fully saturated rings. The molecule has 1 aromatic carbocycles. The number of hydrogen-bond acceptors (Lipinski definition) is 3. The zero-order chi connectivity index (χ0) is 13.1. The molecule has 0 aromatic heterocycles. The molecule has 1 N–H and O–H groups in total. The Morgan fingerprint density at radius 1 is 1.16 bits per heavy atom. The molecule has 3 nitrogen and oxygen atoms in total. The number of fused-ring (bicyclic) bond motifs is 1. The van der Waals surface area contributed by atoms with E-state index in [0.717, 1.165) is 19.1 Å². The van der Waals surface area contributed by atoms with Crippen LogP contribution in [0.5, 0.6) is 0 Å². The standard InChI is InChI=1S/C16H25N3/c1-2-17-12-14-5-7-15(8-6-14)19-11-10-18-9-3-4-16(18)13-19/h5-8,16-17H,2-4,9-13H2,1H3. The summed E-state index contributed by atoms with van der Waals surface area (Å²) in [6.45, 7) is 9.12. The average molecular weight is 259 g/mol. The molecule has 0 bridgehead atoms. The summed E-state index contributed by atoms with van der Waals surface area (Å²) in [5.74, 6) is 0.